The van der Waals surface area contributed by atoms with Gasteiger partial charge in [0.15, 0.2) is 0 Å². The van der Waals surface area contributed by atoms with E-state index in [1.54, 1.807) is 35.3 Å². The summed E-state index contributed by atoms with van der Waals surface area (Å²) in [4.78, 5) is 12.5. The molecule has 7 heteroatoms. The third-order valence-corrected chi connectivity index (χ3v) is 4.13. The molecule has 0 bridgehead atoms. The smallest absolute Gasteiger partial charge is 0.270 e. The van der Waals surface area contributed by atoms with E-state index in [0.29, 0.717) is 30.9 Å². The minimum atomic E-state index is -0.314. The number of halogens is 1. The average Bonchev–Trinajstić information content (AvgIpc) is 3.06. The first-order valence-corrected chi connectivity index (χ1v) is 7.80. The van der Waals surface area contributed by atoms with Crippen molar-refractivity contribution in [1.29, 1.82) is 0 Å². The van der Waals surface area contributed by atoms with Crippen molar-refractivity contribution < 1.29 is 4.39 Å². The summed E-state index contributed by atoms with van der Waals surface area (Å²) < 4.78 is 16.3. The molecule has 0 atom stereocenters. The van der Waals surface area contributed by atoms with Crippen LogP contribution in [0.15, 0.2) is 47.5 Å². The molecule has 1 aromatic carbocycles. The molecule has 1 aliphatic heterocycles. The molecule has 1 aliphatic rings. The Balaban J connectivity index is 1.62. The number of fused-ring (bicyclic) bond motifs is 1. The maximum atomic E-state index is 13.3. The maximum absolute atomic E-state index is 13.3. The number of benzene rings is 1. The lowest BCUT2D eigenvalue weighted by Gasteiger charge is -2.16. The summed E-state index contributed by atoms with van der Waals surface area (Å²) in [6.07, 6.45) is 4.21. The van der Waals surface area contributed by atoms with Gasteiger partial charge in [-0.25, -0.2) is 13.8 Å². The quantitative estimate of drug-likeness (QED) is 0.787. The van der Waals surface area contributed by atoms with E-state index in [1.807, 2.05) is 0 Å². The number of aromatic nitrogens is 4. The van der Waals surface area contributed by atoms with E-state index in [-0.39, 0.29) is 11.4 Å². The van der Waals surface area contributed by atoms with Gasteiger partial charge in [-0.3, -0.25) is 4.79 Å². The fraction of sp³-hybridized carbons (Fsp3) is 0.235. The second-order valence-electron chi connectivity index (χ2n) is 5.77. The van der Waals surface area contributed by atoms with E-state index in [2.05, 4.69) is 15.5 Å². The summed E-state index contributed by atoms with van der Waals surface area (Å²) in [5.74, 6) is -0.314. The highest BCUT2D eigenvalue weighted by Gasteiger charge is 2.15. The van der Waals surface area contributed by atoms with E-state index in [9.17, 15) is 9.18 Å². The van der Waals surface area contributed by atoms with Crippen LogP contribution in [0.4, 0.5) is 4.39 Å². The van der Waals surface area contributed by atoms with Crippen molar-refractivity contribution >= 4 is 0 Å². The average molecular weight is 325 g/mol. The molecular formula is C17H16FN5O. The lowest BCUT2D eigenvalue weighted by atomic mass is 10.1. The first-order chi connectivity index (χ1) is 11.7. The molecular weight excluding hydrogens is 309 g/mol. The molecule has 24 heavy (non-hydrogen) atoms. The minimum absolute atomic E-state index is 0.0608. The number of rotatable bonds is 3. The highest BCUT2D eigenvalue weighted by molar-refractivity contribution is 5.31. The standard InChI is InChI=1S/C17H16FN5O/c18-13-2-1-3-15(8-13)22-7-5-14(21-22)11-23-17(24)16-4-6-19-9-12(16)10-20-23/h1-3,5,7-8,10,19H,4,6,9,11H2. The maximum Gasteiger partial charge on any atom is 0.270 e. The van der Waals surface area contributed by atoms with Gasteiger partial charge in [0.05, 0.1) is 24.1 Å². The lowest BCUT2D eigenvalue weighted by molar-refractivity contribution is 0.571. The molecule has 0 unspecified atom stereocenters. The Morgan fingerprint density at radius 2 is 2.21 bits per heavy atom. The van der Waals surface area contributed by atoms with E-state index in [4.69, 9.17) is 0 Å². The zero-order chi connectivity index (χ0) is 16.5. The van der Waals surface area contributed by atoms with Crippen molar-refractivity contribution in [2.45, 2.75) is 19.5 Å². The molecule has 0 aliphatic carbocycles. The largest absolute Gasteiger partial charge is 0.312 e. The Bertz CT molecular complexity index is 946. The topological polar surface area (TPSA) is 64.7 Å². The zero-order valence-electron chi connectivity index (χ0n) is 12.9. The first-order valence-electron chi connectivity index (χ1n) is 7.80. The Morgan fingerprint density at radius 3 is 3.08 bits per heavy atom. The molecule has 3 aromatic rings. The summed E-state index contributed by atoms with van der Waals surface area (Å²) in [6.45, 7) is 1.79. The first kappa shape index (κ1) is 14.8. The van der Waals surface area contributed by atoms with Crippen LogP contribution in [-0.4, -0.2) is 26.1 Å². The number of hydrogen-bond donors (Lipinski definition) is 1. The summed E-state index contributed by atoms with van der Waals surface area (Å²) in [5, 5.41) is 11.9. The van der Waals surface area contributed by atoms with Crippen LogP contribution in [0.1, 0.15) is 16.8 Å². The van der Waals surface area contributed by atoms with Crippen molar-refractivity contribution in [3.05, 3.63) is 75.7 Å². The van der Waals surface area contributed by atoms with Crippen LogP contribution in [0.5, 0.6) is 0 Å². The molecule has 122 valence electrons. The fourth-order valence-electron chi connectivity index (χ4n) is 2.89. The molecule has 0 saturated heterocycles. The van der Waals surface area contributed by atoms with Gasteiger partial charge >= 0.3 is 0 Å². The molecule has 0 amide bonds. The van der Waals surface area contributed by atoms with Crippen LogP contribution >= 0.6 is 0 Å². The van der Waals surface area contributed by atoms with Gasteiger partial charge in [0.1, 0.15) is 5.82 Å². The zero-order valence-corrected chi connectivity index (χ0v) is 12.9. The van der Waals surface area contributed by atoms with Gasteiger partial charge in [0.25, 0.3) is 5.56 Å². The summed E-state index contributed by atoms with van der Waals surface area (Å²) >= 11 is 0. The lowest BCUT2D eigenvalue weighted by Crippen LogP contribution is -2.34. The van der Waals surface area contributed by atoms with Crippen LogP contribution in [-0.2, 0) is 19.5 Å². The Kier molecular flexibility index (Phi) is 3.70. The Hall–Kier alpha value is -2.80. The van der Waals surface area contributed by atoms with E-state index in [1.165, 1.54) is 16.8 Å². The normalized spacial score (nSPS) is 13.7. The van der Waals surface area contributed by atoms with Gasteiger partial charge in [-0.2, -0.15) is 10.2 Å². The summed E-state index contributed by atoms with van der Waals surface area (Å²) in [5.41, 5.74) is 3.07. The highest BCUT2D eigenvalue weighted by Crippen LogP contribution is 2.11. The van der Waals surface area contributed by atoms with Crippen molar-refractivity contribution in [2.24, 2.45) is 0 Å². The monoisotopic (exact) mass is 325 g/mol. The van der Waals surface area contributed by atoms with Crippen LogP contribution < -0.4 is 10.9 Å². The van der Waals surface area contributed by atoms with E-state index in [0.717, 1.165) is 17.7 Å². The molecule has 4 rings (SSSR count). The molecule has 0 saturated carbocycles. The van der Waals surface area contributed by atoms with Gasteiger partial charge < -0.3 is 5.32 Å². The van der Waals surface area contributed by atoms with Crippen LogP contribution in [0, 0.1) is 5.82 Å². The van der Waals surface area contributed by atoms with Crippen molar-refractivity contribution in [3.8, 4) is 5.69 Å². The van der Waals surface area contributed by atoms with Gasteiger partial charge in [0, 0.05) is 18.3 Å². The van der Waals surface area contributed by atoms with Crippen LogP contribution in [0.25, 0.3) is 5.69 Å². The van der Waals surface area contributed by atoms with E-state index >= 15 is 0 Å². The van der Waals surface area contributed by atoms with Gasteiger partial charge in [0.2, 0.25) is 0 Å². The number of nitrogens with one attached hydrogen (secondary N) is 1. The van der Waals surface area contributed by atoms with Crippen molar-refractivity contribution in [1.82, 2.24) is 24.9 Å². The van der Waals surface area contributed by atoms with Crippen LogP contribution in [0.2, 0.25) is 0 Å². The Morgan fingerprint density at radius 1 is 1.29 bits per heavy atom. The van der Waals surface area contributed by atoms with Crippen molar-refractivity contribution in [3.63, 3.8) is 0 Å². The third kappa shape index (κ3) is 2.74. The third-order valence-electron chi connectivity index (χ3n) is 4.13. The molecule has 2 aromatic heterocycles. The minimum Gasteiger partial charge on any atom is -0.312 e. The SMILES string of the molecule is O=c1c2c(cnn1Cc1ccn(-c3cccc(F)c3)n1)CNCC2. The van der Waals surface area contributed by atoms with Crippen molar-refractivity contribution in [2.75, 3.05) is 6.54 Å². The van der Waals surface area contributed by atoms with E-state index < -0.39 is 0 Å². The molecule has 0 radical (unpaired) electrons. The second-order valence-corrected chi connectivity index (χ2v) is 5.77. The molecule has 0 spiro atoms. The molecule has 1 N–H and O–H groups in total. The van der Waals surface area contributed by atoms with Crippen LogP contribution in [0.3, 0.4) is 0 Å². The van der Waals surface area contributed by atoms with Gasteiger partial charge in [-0.15, -0.1) is 0 Å². The molecule has 0 fully saturated rings. The Labute approximate surface area is 137 Å². The fourth-order valence-corrected chi connectivity index (χ4v) is 2.89. The van der Waals surface area contributed by atoms with Gasteiger partial charge in [-0.1, -0.05) is 6.07 Å². The second kappa shape index (κ2) is 6.01. The van der Waals surface area contributed by atoms with Gasteiger partial charge in [-0.05, 0) is 42.8 Å². The molecule has 6 nitrogen and oxygen atoms in total. The predicted octanol–water partition coefficient (Wildman–Crippen LogP) is 1.26. The number of hydrogen-bond acceptors (Lipinski definition) is 4. The molecule has 3 heterocycles. The summed E-state index contributed by atoms with van der Waals surface area (Å²) in [7, 11) is 0. The number of nitrogens with zero attached hydrogens (tertiary/aromatic N) is 4. The predicted molar refractivity (Wildman–Crippen MR) is 86.5 cm³/mol. The highest BCUT2D eigenvalue weighted by atomic mass is 19.1. The summed E-state index contributed by atoms with van der Waals surface area (Å²) in [6, 6.07) is 8.01.